The summed E-state index contributed by atoms with van der Waals surface area (Å²) in [6.07, 6.45) is 22.8. The molecule has 1 aliphatic rings. The Kier molecular flexibility index (Phi) is 32.2. The molecule has 0 bridgehead atoms. The first-order chi connectivity index (χ1) is 16.3. The third-order valence-corrected chi connectivity index (χ3v) is 5.83. The van der Waals surface area contributed by atoms with E-state index in [1.54, 1.807) is 0 Å². The van der Waals surface area contributed by atoms with Crippen LogP contribution in [0.5, 0.6) is 0 Å². The predicted octanol–water partition coefficient (Wildman–Crippen LogP) is 2.73. The van der Waals surface area contributed by atoms with Crippen LogP contribution in [-0.4, -0.2) is 36.6 Å². The summed E-state index contributed by atoms with van der Waals surface area (Å²) in [6, 6.07) is 0.562. The van der Waals surface area contributed by atoms with Crippen LogP contribution >= 0.6 is 0 Å². The van der Waals surface area contributed by atoms with Gasteiger partial charge in [-0.15, -0.1) is 0 Å². The molecule has 0 saturated heterocycles. The van der Waals surface area contributed by atoms with E-state index in [1.807, 2.05) is 6.92 Å². The number of nitrogens with two attached hydrogens (primary N) is 2. The van der Waals surface area contributed by atoms with Crippen LogP contribution in [0.25, 0.3) is 0 Å². The van der Waals surface area contributed by atoms with Gasteiger partial charge in [-0.2, -0.15) is 0 Å². The second kappa shape index (κ2) is 29.3. The van der Waals surface area contributed by atoms with Crippen molar-refractivity contribution in [2.75, 3.05) is 6.61 Å². The average molecular weight is 682 g/mol. The fraction of sp³-hybridized carbons (Fsp3) is 0.885. The molecule has 8 nitrogen and oxygen atoms in total. The second-order valence-electron chi connectivity index (χ2n) is 8.98. The van der Waals surface area contributed by atoms with Crippen LogP contribution in [0.4, 0.5) is 0 Å². The zero-order valence-corrected chi connectivity index (χ0v) is 24.3. The molecule has 0 heterocycles. The molecule has 1 rings (SSSR count). The third-order valence-electron chi connectivity index (χ3n) is 5.83. The topological polar surface area (TPSA) is 159 Å². The van der Waals surface area contributed by atoms with Gasteiger partial charge in [0.05, 0.1) is 18.5 Å². The fourth-order valence-corrected chi connectivity index (χ4v) is 3.71. The molecule has 4 N–H and O–H groups in total. The molecule has 1 aliphatic carbocycles. The molecular formula is C26H50N2O6Pt. The van der Waals surface area contributed by atoms with Crippen molar-refractivity contribution in [1.29, 1.82) is 0 Å². The second-order valence-corrected chi connectivity index (χ2v) is 8.98. The Labute approximate surface area is 227 Å². The van der Waals surface area contributed by atoms with E-state index in [9.17, 15) is 4.79 Å². The number of carboxylic acids is 2. The monoisotopic (exact) mass is 681 g/mol. The summed E-state index contributed by atoms with van der Waals surface area (Å²) in [5.41, 5.74) is 11.3. The minimum absolute atomic E-state index is 0. The van der Waals surface area contributed by atoms with Crippen molar-refractivity contribution in [3.8, 4) is 0 Å². The summed E-state index contributed by atoms with van der Waals surface area (Å²) in [5, 5.41) is 17.9. The van der Waals surface area contributed by atoms with E-state index in [-0.39, 0.29) is 39.1 Å². The van der Waals surface area contributed by atoms with Crippen LogP contribution in [0.1, 0.15) is 129 Å². The van der Waals surface area contributed by atoms with Crippen LogP contribution in [-0.2, 0) is 40.2 Å². The summed E-state index contributed by atoms with van der Waals surface area (Å²) in [6.45, 7) is 4.64. The number of carbonyl (C=O) groups excluding carboxylic acids is 3. The minimum atomic E-state index is -2.19. The molecule has 1 saturated carbocycles. The smallest absolute Gasteiger partial charge is 0.543 e. The maximum atomic E-state index is 11.1. The van der Waals surface area contributed by atoms with E-state index < -0.39 is 11.9 Å². The van der Waals surface area contributed by atoms with Gasteiger partial charge in [0, 0.05) is 18.5 Å². The van der Waals surface area contributed by atoms with E-state index >= 15 is 0 Å². The molecule has 0 aromatic rings. The van der Waals surface area contributed by atoms with Gasteiger partial charge in [0.2, 0.25) is 0 Å². The molecule has 9 heteroatoms. The number of hydrogen-bond acceptors (Lipinski definition) is 8. The van der Waals surface area contributed by atoms with Crippen LogP contribution in [0.3, 0.4) is 0 Å². The van der Waals surface area contributed by atoms with E-state index in [0.717, 1.165) is 19.3 Å². The summed E-state index contributed by atoms with van der Waals surface area (Å²) in [5.74, 6) is -4.40. The van der Waals surface area contributed by atoms with Crippen LogP contribution < -0.4 is 21.7 Å². The van der Waals surface area contributed by atoms with Gasteiger partial charge in [0.1, 0.15) is 0 Å². The van der Waals surface area contributed by atoms with Gasteiger partial charge < -0.3 is 36.0 Å². The number of ether oxygens (including phenoxy) is 1. The van der Waals surface area contributed by atoms with Crippen LogP contribution in [0, 0.1) is 0 Å². The molecule has 2 atom stereocenters. The van der Waals surface area contributed by atoms with Gasteiger partial charge in [0.15, 0.2) is 0 Å². The molecule has 35 heavy (non-hydrogen) atoms. The summed E-state index contributed by atoms with van der Waals surface area (Å²) in [7, 11) is 0. The Hall–Kier alpha value is -0.982. The number of hydrogen-bond donors (Lipinski definition) is 2. The third kappa shape index (κ3) is 31.0. The number of carboxylic acid groups (broad SMARTS) is 2. The van der Waals surface area contributed by atoms with Crippen molar-refractivity contribution < 1.29 is 50.4 Å². The Balaban J connectivity index is -0.000000555. The van der Waals surface area contributed by atoms with Crippen LogP contribution in [0.2, 0.25) is 0 Å². The minimum Gasteiger partial charge on any atom is -0.543 e. The Bertz CT molecular complexity index is 486. The Morgan fingerprint density at radius 2 is 1.03 bits per heavy atom. The maximum Gasteiger partial charge on any atom is 2.00 e. The largest absolute Gasteiger partial charge is 2.00 e. The van der Waals surface area contributed by atoms with Crippen molar-refractivity contribution in [3.63, 3.8) is 0 Å². The average Bonchev–Trinajstić information content (AvgIpc) is 2.80. The molecule has 0 radical (unpaired) electrons. The van der Waals surface area contributed by atoms with Crippen molar-refractivity contribution in [2.45, 2.75) is 142 Å². The fourth-order valence-electron chi connectivity index (χ4n) is 3.71. The number of esters is 1. The number of aliphatic carboxylic acids is 2. The van der Waals surface area contributed by atoms with Crippen LogP contribution in [0.15, 0.2) is 0 Å². The standard InChI is InChI=1S/C18H36O2.C6H14N2.C2H2O4.Pt/c1-3-5-6-7-8-9-10-11-12-13-14-15-16-17-18(19)20-4-2;7-5-3-1-2-4-6(5)8;3-1(4)2(5)6;/h3-17H2,1-2H3;5-6H,1-4,7-8H2;(H,3,4)(H,5,6);/q;;;+2/p-2/t;5-,6-;;/m.1../s1. The number of rotatable bonds is 15. The van der Waals surface area contributed by atoms with Crippen molar-refractivity contribution >= 4 is 17.9 Å². The molecule has 0 aromatic carbocycles. The van der Waals surface area contributed by atoms with Gasteiger partial charge in [-0.25, -0.2) is 0 Å². The Morgan fingerprint density at radius 1 is 0.686 bits per heavy atom. The van der Waals surface area contributed by atoms with Crippen molar-refractivity contribution in [3.05, 3.63) is 0 Å². The summed E-state index contributed by atoms with van der Waals surface area (Å²) >= 11 is 0. The van der Waals surface area contributed by atoms with Gasteiger partial charge >= 0.3 is 27.0 Å². The molecule has 0 aliphatic heterocycles. The zero-order chi connectivity index (χ0) is 26.0. The Morgan fingerprint density at radius 3 is 1.31 bits per heavy atom. The van der Waals surface area contributed by atoms with E-state index in [1.165, 1.54) is 89.9 Å². The molecule has 1 fully saturated rings. The van der Waals surface area contributed by atoms with Gasteiger partial charge in [-0.1, -0.05) is 96.8 Å². The number of unbranched alkanes of at least 4 members (excludes halogenated alkanes) is 12. The van der Waals surface area contributed by atoms with Crippen molar-refractivity contribution in [1.82, 2.24) is 0 Å². The van der Waals surface area contributed by atoms with Crippen molar-refractivity contribution in [2.24, 2.45) is 11.5 Å². The first kappa shape index (κ1) is 38.5. The first-order valence-electron chi connectivity index (χ1n) is 13.3. The molecule has 0 aromatic heterocycles. The number of carbonyl (C=O) groups is 3. The zero-order valence-electron chi connectivity index (χ0n) is 22.0. The maximum absolute atomic E-state index is 11.1. The molecule has 0 amide bonds. The normalized spacial score (nSPS) is 16.5. The quantitative estimate of drug-likeness (QED) is 0.152. The SMILES string of the molecule is CCCCCCCCCCCCCCCC(=O)OCC.N[C@@H]1CCCC[C@H]1N.O=C([O-])C(=O)[O-].[Pt+2]. The van der Waals surface area contributed by atoms with E-state index in [0.29, 0.717) is 13.0 Å². The van der Waals surface area contributed by atoms with E-state index in [4.69, 9.17) is 36.0 Å². The van der Waals surface area contributed by atoms with Gasteiger partial charge in [-0.3, -0.25) is 4.79 Å². The van der Waals surface area contributed by atoms with E-state index in [2.05, 4.69) is 6.92 Å². The van der Waals surface area contributed by atoms with Gasteiger partial charge in [0.25, 0.3) is 0 Å². The summed E-state index contributed by atoms with van der Waals surface area (Å²) in [4.78, 5) is 29.0. The molecular weight excluding hydrogens is 631 g/mol. The predicted molar refractivity (Wildman–Crippen MR) is 131 cm³/mol. The first-order valence-corrected chi connectivity index (χ1v) is 13.3. The summed E-state index contributed by atoms with van der Waals surface area (Å²) < 4.78 is 4.91. The molecule has 210 valence electrons. The van der Waals surface area contributed by atoms with Gasteiger partial charge in [-0.05, 0) is 26.2 Å². The molecule has 0 spiro atoms. The molecule has 0 unspecified atom stereocenters.